The normalized spacial score (nSPS) is 13.1. The van der Waals surface area contributed by atoms with Crippen LogP contribution in [-0.4, -0.2) is 5.97 Å². The maximum Gasteiger partial charge on any atom is 0.331 e. The summed E-state index contributed by atoms with van der Waals surface area (Å²) in [6.45, 7) is 3.90. The van der Waals surface area contributed by atoms with Crippen molar-refractivity contribution in [2.24, 2.45) is 0 Å². The third-order valence-corrected chi connectivity index (χ3v) is 2.34. The number of carbonyl (C=O) groups excluding carboxylic acids is 1. The van der Waals surface area contributed by atoms with Gasteiger partial charge in [0.2, 0.25) is 0 Å². The average Bonchev–Trinajstić information content (AvgIpc) is 2.37. The molecule has 0 spiro atoms. The standard InChI is InChI=1S/C15H18O2/c1-3-5-7-12-15(16)17-14(4-2)13-10-8-6-9-11-13/h3,5-12,14H,4H2,1-2H3/b5-3+,12-7+. The molecule has 1 aromatic carbocycles. The number of esters is 1. The van der Waals surface area contributed by atoms with E-state index in [9.17, 15) is 4.79 Å². The van der Waals surface area contributed by atoms with Gasteiger partial charge < -0.3 is 4.74 Å². The van der Waals surface area contributed by atoms with E-state index < -0.39 is 0 Å². The number of carbonyl (C=O) groups is 1. The van der Waals surface area contributed by atoms with Crippen molar-refractivity contribution in [3.05, 3.63) is 60.2 Å². The van der Waals surface area contributed by atoms with E-state index in [1.165, 1.54) is 6.08 Å². The van der Waals surface area contributed by atoms with Crippen LogP contribution in [0.2, 0.25) is 0 Å². The van der Waals surface area contributed by atoms with Gasteiger partial charge in [-0.1, -0.05) is 55.5 Å². The van der Waals surface area contributed by atoms with Crippen molar-refractivity contribution in [3.63, 3.8) is 0 Å². The van der Waals surface area contributed by atoms with Crippen molar-refractivity contribution in [3.8, 4) is 0 Å². The van der Waals surface area contributed by atoms with Crippen molar-refractivity contribution >= 4 is 5.97 Å². The van der Waals surface area contributed by atoms with E-state index in [-0.39, 0.29) is 12.1 Å². The van der Waals surface area contributed by atoms with Crippen LogP contribution in [0.5, 0.6) is 0 Å². The van der Waals surface area contributed by atoms with Gasteiger partial charge in [-0.3, -0.25) is 0 Å². The molecule has 0 fully saturated rings. The van der Waals surface area contributed by atoms with Crippen LogP contribution in [-0.2, 0) is 9.53 Å². The van der Waals surface area contributed by atoms with E-state index in [0.717, 1.165) is 12.0 Å². The lowest BCUT2D eigenvalue weighted by Crippen LogP contribution is -2.08. The average molecular weight is 230 g/mol. The quantitative estimate of drug-likeness (QED) is 0.437. The van der Waals surface area contributed by atoms with Gasteiger partial charge in [-0.05, 0) is 18.9 Å². The van der Waals surface area contributed by atoms with Crippen LogP contribution >= 0.6 is 0 Å². The Morgan fingerprint density at radius 1 is 1.29 bits per heavy atom. The second kappa shape index (κ2) is 7.44. The van der Waals surface area contributed by atoms with Gasteiger partial charge in [0.1, 0.15) is 6.10 Å². The monoisotopic (exact) mass is 230 g/mol. The number of ether oxygens (including phenoxy) is 1. The molecule has 0 heterocycles. The summed E-state index contributed by atoms with van der Waals surface area (Å²) >= 11 is 0. The van der Waals surface area contributed by atoms with Crippen molar-refractivity contribution in [2.75, 3.05) is 0 Å². The summed E-state index contributed by atoms with van der Waals surface area (Å²) in [5.41, 5.74) is 1.03. The highest BCUT2D eigenvalue weighted by molar-refractivity contribution is 5.82. The van der Waals surface area contributed by atoms with Crippen molar-refractivity contribution < 1.29 is 9.53 Å². The van der Waals surface area contributed by atoms with Gasteiger partial charge in [0, 0.05) is 6.08 Å². The molecular weight excluding hydrogens is 212 g/mol. The highest BCUT2D eigenvalue weighted by Gasteiger charge is 2.12. The molecule has 1 rings (SSSR count). The first-order valence-corrected chi connectivity index (χ1v) is 5.82. The molecular formula is C15H18O2. The predicted octanol–water partition coefficient (Wildman–Crippen LogP) is 3.81. The molecule has 0 aliphatic rings. The zero-order valence-corrected chi connectivity index (χ0v) is 10.3. The Morgan fingerprint density at radius 3 is 2.59 bits per heavy atom. The Labute approximate surface area is 103 Å². The Hall–Kier alpha value is -1.83. The number of hydrogen-bond acceptors (Lipinski definition) is 2. The maximum absolute atomic E-state index is 11.5. The lowest BCUT2D eigenvalue weighted by Gasteiger charge is -2.15. The molecule has 1 aromatic rings. The topological polar surface area (TPSA) is 26.3 Å². The molecule has 0 radical (unpaired) electrons. The molecule has 17 heavy (non-hydrogen) atoms. The molecule has 90 valence electrons. The zero-order chi connectivity index (χ0) is 12.5. The Bertz CT molecular complexity index is 391. The summed E-state index contributed by atoms with van der Waals surface area (Å²) in [4.78, 5) is 11.5. The summed E-state index contributed by atoms with van der Waals surface area (Å²) in [7, 11) is 0. The van der Waals surface area contributed by atoms with Gasteiger partial charge >= 0.3 is 5.97 Å². The largest absolute Gasteiger partial charge is 0.454 e. The molecule has 2 nitrogen and oxygen atoms in total. The highest BCUT2D eigenvalue weighted by atomic mass is 16.5. The lowest BCUT2D eigenvalue weighted by molar-refractivity contribution is -0.143. The van der Waals surface area contributed by atoms with Crippen molar-refractivity contribution in [1.29, 1.82) is 0 Å². The Kier molecular flexibility index (Phi) is 5.80. The second-order valence-corrected chi connectivity index (χ2v) is 3.63. The molecule has 0 amide bonds. The van der Waals surface area contributed by atoms with E-state index in [0.29, 0.717) is 0 Å². The molecule has 0 aliphatic heterocycles. The van der Waals surface area contributed by atoms with E-state index in [1.807, 2.05) is 50.3 Å². The fourth-order valence-electron chi connectivity index (χ4n) is 1.48. The second-order valence-electron chi connectivity index (χ2n) is 3.63. The highest BCUT2D eigenvalue weighted by Crippen LogP contribution is 2.20. The third kappa shape index (κ3) is 4.68. The predicted molar refractivity (Wildman–Crippen MR) is 69.5 cm³/mol. The Morgan fingerprint density at radius 2 is 2.00 bits per heavy atom. The van der Waals surface area contributed by atoms with Crippen LogP contribution < -0.4 is 0 Å². The van der Waals surface area contributed by atoms with Crippen LogP contribution in [0, 0.1) is 0 Å². The van der Waals surface area contributed by atoms with Crippen LogP contribution in [0.1, 0.15) is 31.9 Å². The molecule has 2 heteroatoms. The van der Waals surface area contributed by atoms with Crippen LogP contribution in [0.4, 0.5) is 0 Å². The van der Waals surface area contributed by atoms with Gasteiger partial charge in [0.15, 0.2) is 0 Å². The number of allylic oxidation sites excluding steroid dienone is 3. The zero-order valence-electron chi connectivity index (χ0n) is 10.3. The van der Waals surface area contributed by atoms with Crippen LogP contribution in [0.15, 0.2) is 54.6 Å². The smallest absolute Gasteiger partial charge is 0.331 e. The fourth-order valence-corrected chi connectivity index (χ4v) is 1.48. The van der Waals surface area contributed by atoms with E-state index in [4.69, 9.17) is 4.74 Å². The molecule has 0 bridgehead atoms. The van der Waals surface area contributed by atoms with Gasteiger partial charge in [-0.15, -0.1) is 0 Å². The van der Waals surface area contributed by atoms with Crippen LogP contribution in [0.25, 0.3) is 0 Å². The Balaban J connectivity index is 2.62. The lowest BCUT2D eigenvalue weighted by atomic mass is 10.1. The van der Waals surface area contributed by atoms with Crippen LogP contribution in [0.3, 0.4) is 0 Å². The fraction of sp³-hybridized carbons (Fsp3) is 0.267. The first-order valence-electron chi connectivity index (χ1n) is 5.82. The van der Waals surface area contributed by atoms with Gasteiger partial charge in [-0.25, -0.2) is 4.79 Å². The summed E-state index contributed by atoms with van der Waals surface area (Å²) in [5, 5.41) is 0. The summed E-state index contributed by atoms with van der Waals surface area (Å²) < 4.78 is 5.37. The van der Waals surface area contributed by atoms with Crippen molar-refractivity contribution in [2.45, 2.75) is 26.4 Å². The first kappa shape index (κ1) is 13.2. The molecule has 0 aliphatic carbocycles. The minimum Gasteiger partial charge on any atom is -0.454 e. The molecule has 1 unspecified atom stereocenters. The molecule has 0 N–H and O–H groups in total. The van der Waals surface area contributed by atoms with Gasteiger partial charge in [0.25, 0.3) is 0 Å². The molecule has 0 saturated carbocycles. The third-order valence-electron chi connectivity index (χ3n) is 2.34. The SMILES string of the molecule is C/C=C/C=C/C(=O)OC(CC)c1ccccc1. The van der Waals surface area contributed by atoms with Gasteiger partial charge in [0.05, 0.1) is 0 Å². The molecule has 0 saturated heterocycles. The maximum atomic E-state index is 11.5. The number of rotatable bonds is 5. The van der Waals surface area contributed by atoms with E-state index >= 15 is 0 Å². The minimum absolute atomic E-state index is 0.168. The van der Waals surface area contributed by atoms with Gasteiger partial charge in [-0.2, -0.15) is 0 Å². The van der Waals surface area contributed by atoms with Crippen molar-refractivity contribution in [1.82, 2.24) is 0 Å². The summed E-state index contributed by atoms with van der Waals surface area (Å²) in [6, 6.07) is 9.78. The minimum atomic E-state index is -0.307. The van der Waals surface area contributed by atoms with E-state index in [1.54, 1.807) is 12.2 Å². The molecule has 1 atom stereocenters. The number of benzene rings is 1. The van der Waals surface area contributed by atoms with E-state index in [2.05, 4.69) is 0 Å². The molecule has 0 aromatic heterocycles. The summed E-state index contributed by atoms with van der Waals surface area (Å²) in [5.74, 6) is -0.307. The first-order chi connectivity index (χ1) is 8.27. The summed E-state index contributed by atoms with van der Waals surface area (Å²) in [6.07, 6.45) is 7.38. The number of hydrogen-bond donors (Lipinski definition) is 0.